The van der Waals surface area contributed by atoms with Crippen molar-refractivity contribution in [3.8, 4) is 0 Å². The molecular formula is C15H22N2O3S2. The fraction of sp³-hybridized carbons (Fsp3) is 0.600. The Hall–Kier alpha value is -1.05. The Morgan fingerprint density at radius 3 is 2.68 bits per heavy atom. The van der Waals surface area contributed by atoms with Gasteiger partial charge in [0.05, 0.1) is 11.3 Å². The second-order valence-electron chi connectivity index (χ2n) is 6.54. The highest BCUT2D eigenvalue weighted by molar-refractivity contribution is 7.99. The Labute approximate surface area is 138 Å². The standard InChI is InChI=1S/C15H22N2O3S2/c1-15(2,3)12(14(19)20)17-7-11(10-5-4-6-21-10)22-8-9(16)13(17)18/h4-6,9,11-12H,7-8,16H2,1-3H3,(H,19,20). The van der Waals surface area contributed by atoms with Crippen LogP contribution in [0.3, 0.4) is 0 Å². The maximum Gasteiger partial charge on any atom is 0.326 e. The Morgan fingerprint density at radius 1 is 1.50 bits per heavy atom. The number of carboxylic acid groups (broad SMARTS) is 1. The normalized spacial score (nSPS) is 24.9. The van der Waals surface area contributed by atoms with Crippen molar-refractivity contribution < 1.29 is 14.7 Å². The van der Waals surface area contributed by atoms with Crippen LogP contribution in [0.5, 0.6) is 0 Å². The van der Waals surface area contributed by atoms with E-state index in [2.05, 4.69) is 0 Å². The third-order valence-corrected chi connectivity index (χ3v) is 6.16. The van der Waals surface area contributed by atoms with Crippen LogP contribution in [0.2, 0.25) is 0 Å². The minimum Gasteiger partial charge on any atom is -0.480 e. The fourth-order valence-corrected chi connectivity index (χ4v) is 4.84. The molecule has 0 aliphatic carbocycles. The number of hydrogen-bond acceptors (Lipinski definition) is 5. The molecule has 1 fully saturated rings. The number of aliphatic carboxylic acids is 1. The first-order valence-electron chi connectivity index (χ1n) is 7.15. The number of carboxylic acids is 1. The highest BCUT2D eigenvalue weighted by Crippen LogP contribution is 2.37. The van der Waals surface area contributed by atoms with E-state index in [0.29, 0.717) is 12.3 Å². The Balaban J connectivity index is 2.36. The first-order valence-corrected chi connectivity index (χ1v) is 9.08. The fourth-order valence-electron chi connectivity index (χ4n) is 2.68. The molecule has 7 heteroatoms. The third kappa shape index (κ3) is 3.64. The molecule has 1 amide bonds. The number of amides is 1. The van der Waals surface area contributed by atoms with Crippen LogP contribution in [0, 0.1) is 5.41 Å². The molecule has 22 heavy (non-hydrogen) atoms. The van der Waals surface area contributed by atoms with Crippen LogP contribution in [0.1, 0.15) is 30.9 Å². The van der Waals surface area contributed by atoms with Crippen molar-refractivity contribution in [3.05, 3.63) is 22.4 Å². The van der Waals surface area contributed by atoms with E-state index >= 15 is 0 Å². The van der Waals surface area contributed by atoms with Crippen LogP contribution in [-0.2, 0) is 9.59 Å². The molecule has 0 radical (unpaired) electrons. The second-order valence-corrected chi connectivity index (χ2v) is 8.76. The first-order chi connectivity index (χ1) is 10.2. The molecule has 0 spiro atoms. The summed E-state index contributed by atoms with van der Waals surface area (Å²) in [7, 11) is 0. The lowest BCUT2D eigenvalue weighted by Gasteiger charge is -2.38. The average molecular weight is 342 g/mol. The van der Waals surface area contributed by atoms with Gasteiger partial charge in [-0.05, 0) is 16.9 Å². The van der Waals surface area contributed by atoms with Crippen molar-refractivity contribution in [2.45, 2.75) is 38.1 Å². The second kappa shape index (κ2) is 6.60. The van der Waals surface area contributed by atoms with E-state index in [0.717, 1.165) is 4.88 Å². The van der Waals surface area contributed by atoms with Gasteiger partial charge in [0, 0.05) is 17.2 Å². The summed E-state index contributed by atoms with van der Waals surface area (Å²) >= 11 is 3.25. The third-order valence-electron chi connectivity index (χ3n) is 3.67. The molecule has 1 saturated heterocycles. The zero-order chi connectivity index (χ0) is 16.5. The lowest BCUT2D eigenvalue weighted by molar-refractivity contribution is -0.155. The van der Waals surface area contributed by atoms with Gasteiger partial charge in [0.25, 0.3) is 0 Å². The summed E-state index contributed by atoms with van der Waals surface area (Å²) in [6.45, 7) is 5.89. The zero-order valence-corrected chi connectivity index (χ0v) is 14.6. The van der Waals surface area contributed by atoms with E-state index in [1.165, 1.54) is 4.90 Å². The summed E-state index contributed by atoms with van der Waals surface area (Å²) in [6, 6.07) is 2.45. The summed E-state index contributed by atoms with van der Waals surface area (Å²) in [6.07, 6.45) is 0. The Morgan fingerprint density at radius 2 is 2.18 bits per heavy atom. The van der Waals surface area contributed by atoms with Crippen LogP contribution in [0.25, 0.3) is 0 Å². The molecule has 0 bridgehead atoms. The molecule has 122 valence electrons. The van der Waals surface area contributed by atoms with E-state index in [9.17, 15) is 14.7 Å². The number of rotatable bonds is 3. The number of hydrogen-bond donors (Lipinski definition) is 2. The van der Waals surface area contributed by atoms with Gasteiger partial charge in [-0.3, -0.25) is 4.79 Å². The molecule has 1 aliphatic rings. The van der Waals surface area contributed by atoms with Gasteiger partial charge in [-0.25, -0.2) is 4.79 Å². The van der Waals surface area contributed by atoms with E-state index < -0.39 is 23.5 Å². The van der Waals surface area contributed by atoms with Gasteiger partial charge < -0.3 is 15.7 Å². The van der Waals surface area contributed by atoms with Crippen molar-refractivity contribution in [1.82, 2.24) is 4.90 Å². The van der Waals surface area contributed by atoms with Crippen molar-refractivity contribution in [2.75, 3.05) is 12.3 Å². The van der Waals surface area contributed by atoms with Gasteiger partial charge in [-0.1, -0.05) is 26.8 Å². The molecule has 3 N–H and O–H groups in total. The quantitative estimate of drug-likeness (QED) is 0.880. The monoisotopic (exact) mass is 342 g/mol. The molecule has 0 saturated carbocycles. The van der Waals surface area contributed by atoms with Crippen molar-refractivity contribution in [3.63, 3.8) is 0 Å². The van der Waals surface area contributed by atoms with E-state index in [-0.39, 0.29) is 11.2 Å². The van der Waals surface area contributed by atoms with Gasteiger partial charge in [0.1, 0.15) is 6.04 Å². The van der Waals surface area contributed by atoms with E-state index in [1.807, 2.05) is 38.3 Å². The van der Waals surface area contributed by atoms with Gasteiger partial charge >= 0.3 is 5.97 Å². The van der Waals surface area contributed by atoms with Crippen LogP contribution in [0.15, 0.2) is 17.5 Å². The summed E-state index contributed by atoms with van der Waals surface area (Å²) in [4.78, 5) is 27.0. The minimum absolute atomic E-state index is 0.0710. The Kier molecular flexibility index (Phi) is 5.19. The van der Waals surface area contributed by atoms with Crippen LogP contribution < -0.4 is 5.73 Å². The van der Waals surface area contributed by atoms with Crippen LogP contribution >= 0.6 is 23.1 Å². The van der Waals surface area contributed by atoms with Crippen LogP contribution in [-0.4, -0.2) is 46.3 Å². The topological polar surface area (TPSA) is 83.6 Å². The van der Waals surface area contributed by atoms with Crippen molar-refractivity contribution in [2.24, 2.45) is 11.1 Å². The minimum atomic E-state index is -0.982. The highest BCUT2D eigenvalue weighted by atomic mass is 32.2. The van der Waals surface area contributed by atoms with Crippen molar-refractivity contribution >= 4 is 35.0 Å². The molecule has 1 aromatic rings. The summed E-state index contributed by atoms with van der Waals surface area (Å²) in [5.41, 5.74) is 5.40. The smallest absolute Gasteiger partial charge is 0.326 e. The highest BCUT2D eigenvalue weighted by Gasteiger charge is 2.43. The summed E-state index contributed by atoms with van der Waals surface area (Å²) < 4.78 is 0. The number of carbonyl (C=O) groups is 2. The molecule has 1 aromatic heterocycles. The zero-order valence-electron chi connectivity index (χ0n) is 13.0. The molecule has 1 aliphatic heterocycles. The largest absolute Gasteiger partial charge is 0.480 e. The summed E-state index contributed by atoms with van der Waals surface area (Å²) in [5.74, 6) is -0.743. The molecule has 3 unspecified atom stereocenters. The van der Waals surface area contributed by atoms with E-state index in [1.54, 1.807) is 23.1 Å². The van der Waals surface area contributed by atoms with Crippen LogP contribution in [0.4, 0.5) is 0 Å². The predicted octanol–water partition coefficient (Wildman–Crippen LogP) is 2.19. The van der Waals surface area contributed by atoms with Crippen molar-refractivity contribution in [1.29, 1.82) is 0 Å². The number of nitrogens with zero attached hydrogens (tertiary/aromatic N) is 1. The maximum atomic E-state index is 12.6. The van der Waals surface area contributed by atoms with Gasteiger partial charge in [0.15, 0.2) is 0 Å². The Bertz CT molecular complexity index is 539. The van der Waals surface area contributed by atoms with Gasteiger partial charge in [0.2, 0.25) is 5.91 Å². The number of nitrogens with two attached hydrogens (primary N) is 1. The van der Waals surface area contributed by atoms with Gasteiger partial charge in [-0.2, -0.15) is 0 Å². The SMILES string of the molecule is CC(C)(C)C(C(=O)O)N1CC(c2cccs2)SCC(N)C1=O. The predicted molar refractivity (Wildman–Crippen MR) is 90.1 cm³/mol. The number of carbonyl (C=O) groups excluding carboxylic acids is 1. The molecule has 5 nitrogen and oxygen atoms in total. The maximum absolute atomic E-state index is 12.6. The molecule has 2 rings (SSSR count). The average Bonchev–Trinajstić information content (AvgIpc) is 2.88. The molecule has 3 atom stereocenters. The summed E-state index contributed by atoms with van der Waals surface area (Å²) in [5, 5.41) is 11.7. The molecular weight excluding hydrogens is 320 g/mol. The molecule has 0 aromatic carbocycles. The lowest BCUT2D eigenvalue weighted by Crippen LogP contribution is -2.56. The van der Waals surface area contributed by atoms with E-state index in [4.69, 9.17) is 5.73 Å². The molecule has 2 heterocycles. The van der Waals surface area contributed by atoms with Gasteiger partial charge in [-0.15, -0.1) is 23.1 Å². The first kappa shape index (κ1) is 17.3. The lowest BCUT2D eigenvalue weighted by atomic mass is 9.85. The number of thiophene rings is 1. The number of thioether (sulfide) groups is 1.